The van der Waals surface area contributed by atoms with Gasteiger partial charge >= 0.3 is 0 Å². The minimum atomic E-state index is 0.0280. The van der Waals surface area contributed by atoms with Crippen molar-refractivity contribution in [3.05, 3.63) is 29.8 Å². The van der Waals surface area contributed by atoms with Crippen LogP contribution in [0.4, 0.5) is 0 Å². The molecule has 0 bridgehead atoms. The molecule has 2 rings (SSSR count). The van der Waals surface area contributed by atoms with Crippen LogP contribution in [0.25, 0.3) is 0 Å². The Morgan fingerprint density at radius 3 is 2.61 bits per heavy atom. The fourth-order valence-corrected chi connectivity index (χ4v) is 1.60. The van der Waals surface area contributed by atoms with Crippen LogP contribution in [-0.2, 0) is 4.79 Å². The first kappa shape index (κ1) is 12.6. The van der Waals surface area contributed by atoms with Gasteiger partial charge in [0.05, 0.1) is 12.3 Å². The number of hydrogen-bond donors (Lipinski definition) is 1. The van der Waals surface area contributed by atoms with Gasteiger partial charge in [-0.05, 0) is 56.5 Å². The van der Waals surface area contributed by atoms with Crippen molar-refractivity contribution in [2.45, 2.75) is 26.7 Å². The lowest BCUT2D eigenvalue weighted by Crippen LogP contribution is -2.20. The van der Waals surface area contributed by atoms with Crippen LogP contribution in [0.1, 0.15) is 32.3 Å². The van der Waals surface area contributed by atoms with E-state index in [4.69, 9.17) is 4.74 Å². The van der Waals surface area contributed by atoms with Crippen LogP contribution in [0, 0.1) is 5.92 Å². The zero-order chi connectivity index (χ0) is 13.0. The fraction of sp³-hybridized carbons (Fsp3) is 0.429. The number of ether oxygens (including phenoxy) is 1. The summed E-state index contributed by atoms with van der Waals surface area (Å²) < 4.78 is 5.37. The molecule has 0 atom stereocenters. The van der Waals surface area contributed by atoms with Gasteiger partial charge in [-0.2, -0.15) is 5.10 Å². The Kier molecular flexibility index (Phi) is 3.97. The van der Waals surface area contributed by atoms with E-state index in [0.717, 1.165) is 29.9 Å². The summed E-state index contributed by atoms with van der Waals surface area (Å²) in [5, 5.41) is 4.11. The number of hydrogen-bond acceptors (Lipinski definition) is 3. The molecular weight excluding hydrogens is 228 g/mol. The van der Waals surface area contributed by atoms with Gasteiger partial charge in [0, 0.05) is 5.92 Å². The van der Waals surface area contributed by atoms with E-state index < -0.39 is 0 Å². The Bertz CT molecular complexity index is 447. The first-order chi connectivity index (χ1) is 8.70. The number of nitrogens with zero attached hydrogens (tertiary/aromatic N) is 1. The second kappa shape index (κ2) is 5.67. The summed E-state index contributed by atoms with van der Waals surface area (Å²) in [6.07, 6.45) is 1.98. The van der Waals surface area contributed by atoms with E-state index in [-0.39, 0.29) is 11.8 Å². The average molecular weight is 246 g/mol. The highest BCUT2D eigenvalue weighted by Gasteiger charge is 2.29. The number of amides is 1. The minimum Gasteiger partial charge on any atom is -0.494 e. The van der Waals surface area contributed by atoms with E-state index in [9.17, 15) is 4.79 Å². The lowest BCUT2D eigenvalue weighted by Gasteiger charge is -2.05. The van der Waals surface area contributed by atoms with Crippen LogP contribution < -0.4 is 10.2 Å². The van der Waals surface area contributed by atoms with Crippen molar-refractivity contribution in [3.8, 4) is 5.75 Å². The predicted molar refractivity (Wildman–Crippen MR) is 70.7 cm³/mol. The minimum absolute atomic E-state index is 0.0280. The molecule has 1 aromatic rings. The fourth-order valence-electron chi connectivity index (χ4n) is 1.60. The van der Waals surface area contributed by atoms with Crippen LogP contribution >= 0.6 is 0 Å². The van der Waals surface area contributed by atoms with E-state index in [1.54, 1.807) is 0 Å². The molecule has 0 radical (unpaired) electrons. The number of carbonyl (C=O) groups excluding carboxylic acids is 1. The summed E-state index contributed by atoms with van der Waals surface area (Å²) >= 11 is 0. The van der Waals surface area contributed by atoms with Crippen molar-refractivity contribution in [1.29, 1.82) is 0 Å². The summed E-state index contributed by atoms with van der Waals surface area (Å²) in [5.41, 5.74) is 4.38. The highest BCUT2D eigenvalue weighted by molar-refractivity contribution is 5.99. The summed E-state index contributed by atoms with van der Waals surface area (Å²) in [5.74, 6) is 1.05. The van der Waals surface area contributed by atoms with Crippen molar-refractivity contribution < 1.29 is 9.53 Å². The Balaban J connectivity index is 1.96. The molecule has 1 aliphatic rings. The summed E-state index contributed by atoms with van der Waals surface area (Å²) in [4.78, 5) is 11.4. The number of nitrogens with one attached hydrogen (secondary N) is 1. The van der Waals surface area contributed by atoms with Crippen molar-refractivity contribution in [2.24, 2.45) is 11.0 Å². The first-order valence-electron chi connectivity index (χ1n) is 6.28. The molecular formula is C14H18N2O2. The molecule has 0 saturated heterocycles. The van der Waals surface area contributed by atoms with E-state index in [1.807, 2.05) is 38.1 Å². The molecule has 0 aromatic heterocycles. The third kappa shape index (κ3) is 3.32. The highest BCUT2D eigenvalue weighted by atomic mass is 16.5. The zero-order valence-corrected chi connectivity index (χ0v) is 10.8. The third-order valence-electron chi connectivity index (χ3n) is 2.87. The molecule has 0 aliphatic heterocycles. The number of rotatable bonds is 5. The quantitative estimate of drug-likeness (QED) is 0.640. The van der Waals surface area contributed by atoms with Crippen molar-refractivity contribution in [3.63, 3.8) is 0 Å². The van der Waals surface area contributed by atoms with Gasteiger partial charge in [0.2, 0.25) is 5.91 Å². The Labute approximate surface area is 107 Å². The topological polar surface area (TPSA) is 50.7 Å². The van der Waals surface area contributed by atoms with Gasteiger partial charge in [0.1, 0.15) is 5.75 Å². The monoisotopic (exact) mass is 246 g/mol. The lowest BCUT2D eigenvalue weighted by atomic mass is 10.1. The molecule has 96 valence electrons. The van der Waals surface area contributed by atoms with Gasteiger partial charge in [-0.15, -0.1) is 0 Å². The molecule has 0 heterocycles. The zero-order valence-electron chi connectivity index (χ0n) is 10.8. The van der Waals surface area contributed by atoms with Gasteiger partial charge in [-0.3, -0.25) is 4.79 Å². The molecule has 1 aliphatic carbocycles. The Hall–Kier alpha value is -1.84. The normalized spacial score (nSPS) is 15.3. The maximum Gasteiger partial charge on any atom is 0.243 e. The van der Waals surface area contributed by atoms with Gasteiger partial charge < -0.3 is 4.74 Å². The van der Waals surface area contributed by atoms with Crippen molar-refractivity contribution in [2.75, 3.05) is 6.61 Å². The van der Waals surface area contributed by atoms with Gasteiger partial charge in [-0.25, -0.2) is 5.43 Å². The summed E-state index contributed by atoms with van der Waals surface area (Å²) in [6, 6.07) is 7.68. The molecule has 4 heteroatoms. The molecule has 1 saturated carbocycles. The maximum atomic E-state index is 11.4. The Morgan fingerprint density at radius 2 is 2.06 bits per heavy atom. The van der Waals surface area contributed by atoms with Crippen molar-refractivity contribution in [1.82, 2.24) is 5.43 Å². The van der Waals surface area contributed by atoms with E-state index in [1.165, 1.54) is 0 Å². The summed E-state index contributed by atoms with van der Waals surface area (Å²) in [6.45, 7) is 4.49. The largest absolute Gasteiger partial charge is 0.494 e. The molecule has 1 aromatic carbocycles. The molecule has 0 unspecified atom stereocenters. The number of benzene rings is 1. The smallest absolute Gasteiger partial charge is 0.243 e. The lowest BCUT2D eigenvalue weighted by molar-refractivity contribution is -0.122. The van der Waals surface area contributed by atoms with Gasteiger partial charge in [-0.1, -0.05) is 0 Å². The SMILES string of the molecule is CCOc1ccc(/C(C)=N\NC(=O)C2CC2)cc1. The maximum absolute atomic E-state index is 11.4. The van der Waals surface area contributed by atoms with Crippen LogP contribution in [0.2, 0.25) is 0 Å². The van der Waals surface area contributed by atoms with E-state index in [2.05, 4.69) is 10.5 Å². The van der Waals surface area contributed by atoms with Crippen molar-refractivity contribution >= 4 is 11.6 Å². The third-order valence-corrected chi connectivity index (χ3v) is 2.87. The molecule has 1 N–H and O–H groups in total. The van der Waals surface area contributed by atoms with Gasteiger partial charge in [0.25, 0.3) is 0 Å². The van der Waals surface area contributed by atoms with Crippen LogP contribution in [0.15, 0.2) is 29.4 Å². The molecule has 1 amide bonds. The van der Waals surface area contributed by atoms with Crippen LogP contribution in [0.5, 0.6) is 5.75 Å². The van der Waals surface area contributed by atoms with E-state index >= 15 is 0 Å². The van der Waals surface area contributed by atoms with E-state index in [0.29, 0.717) is 6.61 Å². The second-order valence-corrected chi connectivity index (χ2v) is 4.40. The van der Waals surface area contributed by atoms with Crippen LogP contribution in [-0.4, -0.2) is 18.2 Å². The molecule has 18 heavy (non-hydrogen) atoms. The standard InChI is InChI=1S/C14H18N2O2/c1-3-18-13-8-6-11(7-9-13)10(2)15-16-14(17)12-4-5-12/h6-9,12H,3-5H2,1-2H3,(H,16,17)/b15-10-. The average Bonchev–Trinajstić information content (AvgIpc) is 3.21. The number of hydrazone groups is 1. The highest BCUT2D eigenvalue weighted by Crippen LogP contribution is 2.28. The number of carbonyl (C=O) groups is 1. The molecule has 0 spiro atoms. The summed E-state index contributed by atoms with van der Waals surface area (Å²) in [7, 11) is 0. The molecule has 4 nitrogen and oxygen atoms in total. The van der Waals surface area contributed by atoms with Crippen LogP contribution in [0.3, 0.4) is 0 Å². The predicted octanol–water partition coefficient (Wildman–Crippen LogP) is 2.34. The molecule has 1 fully saturated rings. The Morgan fingerprint density at radius 1 is 1.39 bits per heavy atom. The second-order valence-electron chi connectivity index (χ2n) is 4.40. The first-order valence-corrected chi connectivity index (χ1v) is 6.28. The van der Waals surface area contributed by atoms with Gasteiger partial charge in [0.15, 0.2) is 0 Å².